The summed E-state index contributed by atoms with van der Waals surface area (Å²) < 4.78 is 0. The Morgan fingerprint density at radius 2 is 2.09 bits per heavy atom. The van der Waals surface area contributed by atoms with E-state index in [-0.39, 0.29) is 0 Å². The molecule has 58 valence electrons. The topological polar surface area (TPSA) is 0 Å². The first-order valence-corrected chi connectivity index (χ1v) is 5.01. The lowest BCUT2D eigenvalue weighted by Crippen LogP contribution is -2.03. The van der Waals surface area contributed by atoms with E-state index >= 15 is 0 Å². The molecule has 1 heteroatoms. The second-order valence-corrected chi connectivity index (χ2v) is 4.16. The Morgan fingerprint density at radius 3 is 2.91 bits per heavy atom. The van der Waals surface area contributed by atoms with Crippen LogP contribution in [0.1, 0.15) is 28.8 Å². The number of benzene rings is 1. The minimum Gasteiger partial charge on any atom is -0.0839 e. The second kappa shape index (κ2) is 2.98. The average molecular weight is 211 g/mol. The zero-order chi connectivity index (χ0) is 7.68. The Morgan fingerprint density at radius 1 is 1.27 bits per heavy atom. The van der Waals surface area contributed by atoms with Gasteiger partial charge < -0.3 is 0 Å². The van der Waals surface area contributed by atoms with Gasteiger partial charge in [-0.3, -0.25) is 0 Å². The molecule has 0 bridgehead atoms. The Balaban J connectivity index is 2.44. The predicted molar refractivity (Wildman–Crippen MR) is 51.0 cm³/mol. The number of halogens is 1. The zero-order valence-corrected chi connectivity index (χ0v) is 7.97. The molecule has 1 aromatic carbocycles. The molecule has 0 N–H and O–H groups in total. The van der Waals surface area contributed by atoms with E-state index in [9.17, 15) is 0 Å². The Hall–Kier alpha value is -0.300. The standard InChI is InChI=1S/C10H11Br/c11-10-7-3-5-8-4-1-2-6-9(8)10/h1-2,4,6,10H,3,5,7H2/t10-/m0/s1. The summed E-state index contributed by atoms with van der Waals surface area (Å²) in [6.07, 6.45) is 3.88. The van der Waals surface area contributed by atoms with Crippen LogP contribution in [0.3, 0.4) is 0 Å². The highest BCUT2D eigenvalue weighted by Gasteiger charge is 2.15. The molecular weight excluding hydrogens is 200 g/mol. The third kappa shape index (κ3) is 1.34. The predicted octanol–water partition coefficient (Wildman–Crippen LogP) is 3.46. The maximum Gasteiger partial charge on any atom is 0.0398 e. The summed E-state index contributed by atoms with van der Waals surface area (Å²) in [5.41, 5.74) is 3.03. The molecule has 1 aliphatic rings. The largest absolute Gasteiger partial charge is 0.0839 e. The Bertz CT molecular complexity index is 255. The van der Waals surface area contributed by atoms with Gasteiger partial charge in [-0.2, -0.15) is 0 Å². The molecule has 0 radical (unpaired) electrons. The lowest BCUT2D eigenvalue weighted by atomic mass is 9.92. The summed E-state index contributed by atoms with van der Waals surface area (Å²) in [7, 11) is 0. The SMILES string of the molecule is Br[C@H]1CCCc2ccccc21. The van der Waals surface area contributed by atoms with Crippen molar-refractivity contribution in [3.63, 3.8) is 0 Å². The fourth-order valence-electron chi connectivity index (χ4n) is 1.69. The van der Waals surface area contributed by atoms with Gasteiger partial charge >= 0.3 is 0 Å². The van der Waals surface area contributed by atoms with Crippen LogP contribution in [0, 0.1) is 0 Å². The molecule has 0 aliphatic heterocycles. The molecule has 0 spiro atoms. The molecule has 0 nitrogen and oxygen atoms in total. The highest BCUT2D eigenvalue weighted by molar-refractivity contribution is 9.09. The van der Waals surface area contributed by atoms with E-state index in [1.54, 1.807) is 0 Å². The van der Waals surface area contributed by atoms with Crippen molar-refractivity contribution in [2.45, 2.75) is 24.1 Å². The molecule has 0 saturated carbocycles. The Kier molecular flexibility index (Phi) is 1.99. The summed E-state index contributed by atoms with van der Waals surface area (Å²) in [5.74, 6) is 0. The maximum absolute atomic E-state index is 3.69. The van der Waals surface area contributed by atoms with Crippen molar-refractivity contribution in [3.05, 3.63) is 35.4 Å². The van der Waals surface area contributed by atoms with Gasteiger partial charge in [-0.1, -0.05) is 40.2 Å². The zero-order valence-electron chi connectivity index (χ0n) is 6.39. The molecule has 0 amide bonds. The van der Waals surface area contributed by atoms with Gasteiger partial charge in [-0.05, 0) is 30.4 Å². The molecule has 0 unspecified atom stereocenters. The normalized spacial score (nSPS) is 22.8. The van der Waals surface area contributed by atoms with Crippen LogP contribution in [-0.4, -0.2) is 0 Å². The summed E-state index contributed by atoms with van der Waals surface area (Å²) >= 11 is 3.69. The second-order valence-electron chi connectivity index (χ2n) is 3.06. The van der Waals surface area contributed by atoms with E-state index in [4.69, 9.17) is 0 Å². The molecule has 0 heterocycles. The van der Waals surface area contributed by atoms with Gasteiger partial charge in [-0.15, -0.1) is 0 Å². The van der Waals surface area contributed by atoms with Crippen LogP contribution in [0.2, 0.25) is 0 Å². The molecule has 11 heavy (non-hydrogen) atoms. The fraction of sp³-hybridized carbons (Fsp3) is 0.400. The maximum atomic E-state index is 3.69. The van der Waals surface area contributed by atoms with Gasteiger partial charge in [0.05, 0.1) is 0 Å². The number of hydrogen-bond acceptors (Lipinski definition) is 0. The van der Waals surface area contributed by atoms with Crippen molar-refractivity contribution in [1.82, 2.24) is 0 Å². The van der Waals surface area contributed by atoms with Crippen molar-refractivity contribution < 1.29 is 0 Å². The molecule has 2 rings (SSSR count). The molecule has 1 atom stereocenters. The highest BCUT2D eigenvalue weighted by atomic mass is 79.9. The molecule has 0 aromatic heterocycles. The number of hydrogen-bond donors (Lipinski definition) is 0. The summed E-state index contributed by atoms with van der Waals surface area (Å²) in [6, 6.07) is 8.72. The monoisotopic (exact) mass is 210 g/mol. The lowest BCUT2D eigenvalue weighted by molar-refractivity contribution is 0.681. The van der Waals surface area contributed by atoms with E-state index in [1.165, 1.54) is 30.4 Å². The van der Waals surface area contributed by atoms with Crippen molar-refractivity contribution in [2.24, 2.45) is 0 Å². The molecule has 0 fully saturated rings. The van der Waals surface area contributed by atoms with Crippen molar-refractivity contribution in [1.29, 1.82) is 0 Å². The van der Waals surface area contributed by atoms with Crippen LogP contribution >= 0.6 is 15.9 Å². The van der Waals surface area contributed by atoms with Gasteiger partial charge in [0, 0.05) is 4.83 Å². The number of rotatable bonds is 0. The minimum absolute atomic E-state index is 0.604. The molecule has 1 aromatic rings. The highest BCUT2D eigenvalue weighted by Crippen LogP contribution is 2.35. The van der Waals surface area contributed by atoms with Gasteiger partial charge in [0.25, 0.3) is 0 Å². The van der Waals surface area contributed by atoms with Crippen LogP contribution in [0.25, 0.3) is 0 Å². The van der Waals surface area contributed by atoms with Gasteiger partial charge in [-0.25, -0.2) is 0 Å². The molecule has 1 aliphatic carbocycles. The van der Waals surface area contributed by atoms with Crippen LogP contribution in [0.4, 0.5) is 0 Å². The van der Waals surface area contributed by atoms with E-state index < -0.39 is 0 Å². The van der Waals surface area contributed by atoms with E-state index in [1.807, 2.05) is 0 Å². The quantitative estimate of drug-likeness (QED) is 0.576. The van der Waals surface area contributed by atoms with Crippen LogP contribution in [-0.2, 0) is 6.42 Å². The molecule has 0 saturated heterocycles. The van der Waals surface area contributed by atoms with E-state index in [0.29, 0.717) is 4.83 Å². The third-order valence-corrected chi connectivity index (χ3v) is 3.25. The number of fused-ring (bicyclic) bond motifs is 1. The van der Waals surface area contributed by atoms with Crippen LogP contribution in [0.15, 0.2) is 24.3 Å². The summed E-state index contributed by atoms with van der Waals surface area (Å²) in [6.45, 7) is 0. The first kappa shape index (κ1) is 7.35. The average Bonchev–Trinajstić information content (AvgIpc) is 2.06. The first-order valence-electron chi connectivity index (χ1n) is 4.10. The van der Waals surface area contributed by atoms with Crippen molar-refractivity contribution >= 4 is 15.9 Å². The fourth-order valence-corrected chi connectivity index (χ4v) is 2.47. The summed E-state index contributed by atoms with van der Waals surface area (Å²) in [5, 5.41) is 0. The molecular formula is C10H11Br. The van der Waals surface area contributed by atoms with Crippen molar-refractivity contribution in [3.8, 4) is 0 Å². The number of aryl methyl sites for hydroxylation is 1. The number of alkyl halides is 1. The Labute approximate surface area is 75.8 Å². The van der Waals surface area contributed by atoms with Gasteiger partial charge in [0.2, 0.25) is 0 Å². The van der Waals surface area contributed by atoms with E-state index in [2.05, 4.69) is 40.2 Å². The van der Waals surface area contributed by atoms with Crippen LogP contribution < -0.4 is 0 Å². The van der Waals surface area contributed by atoms with Crippen LogP contribution in [0.5, 0.6) is 0 Å². The minimum atomic E-state index is 0.604. The van der Waals surface area contributed by atoms with E-state index in [0.717, 1.165) is 0 Å². The van der Waals surface area contributed by atoms with Gasteiger partial charge in [0.1, 0.15) is 0 Å². The smallest absolute Gasteiger partial charge is 0.0398 e. The lowest BCUT2D eigenvalue weighted by Gasteiger charge is -2.20. The summed E-state index contributed by atoms with van der Waals surface area (Å²) in [4.78, 5) is 0.604. The van der Waals surface area contributed by atoms with Crippen molar-refractivity contribution in [2.75, 3.05) is 0 Å². The third-order valence-electron chi connectivity index (χ3n) is 2.30. The first-order chi connectivity index (χ1) is 5.38. The van der Waals surface area contributed by atoms with Gasteiger partial charge in [0.15, 0.2) is 0 Å².